The van der Waals surface area contributed by atoms with Crippen molar-refractivity contribution in [1.82, 2.24) is 0 Å². The second-order valence-electron chi connectivity index (χ2n) is 4.15. The largest absolute Gasteiger partial charge is 0.399 e. The lowest BCUT2D eigenvalue weighted by Crippen LogP contribution is -2.36. The zero-order valence-corrected chi connectivity index (χ0v) is 11.8. The Hall–Kier alpha value is -1.88. The minimum Gasteiger partial charge on any atom is -0.399 e. The van der Waals surface area contributed by atoms with Crippen molar-refractivity contribution >= 4 is 17.8 Å². The van der Waals surface area contributed by atoms with E-state index in [1.807, 2.05) is 32.0 Å². The number of hydrogen-bond donors (Lipinski definition) is 0. The zero-order valence-electron chi connectivity index (χ0n) is 11.8. The van der Waals surface area contributed by atoms with Crippen LogP contribution in [0.25, 0.3) is 0 Å². The van der Waals surface area contributed by atoms with E-state index in [9.17, 15) is 4.79 Å². The topological polar surface area (TPSA) is 51.1 Å². The van der Waals surface area contributed by atoms with Crippen molar-refractivity contribution in [3.63, 3.8) is 0 Å². The van der Waals surface area contributed by atoms with Crippen molar-refractivity contribution in [2.45, 2.75) is 13.8 Å². The monoisotopic (exact) mass is 264 g/mol. The average Bonchev–Trinajstić information content (AvgIpc) is 2.37. The van der Waals surface area contributed by atoms with Crippen LogP contribution in [0.5, 0.6) is 0 Å². The van der Waals surface area contributed by atoms with Crippen LogP contribution in [0.2, 0.25) is 0 Å². The Morgan fingerprint density at radius 1 is 1.32 bits per heavy atom. The van der Waals surface area contributed by atoms with Crippen LogP contribution in [0, 0.1) is 13.8 Å². The van der Waals surface area contributed by atoms with Crippen LogP contribution >= 0.6 is 0 Å². The Kier molecular flexibility index (Phi) is 6.02. The molecule has 5 nitrogen and oxygen atoms in total. The van der Waals surface area contributed by atoms with Crippen molar-refractivity contribution in [3.8, 4) is 0 Å². The molecule has 104 valence electrons. The number of rotatable bonds is 6. The van der Waals surface area contributed by atoms with Gasteiger partial charge in [0, 0.05) is 12.8 Å². The molecule has 0 spiro atoms. The van der Waals surface area contributed by atoms with Gasteiger partial charge in [0.25, 0.3) is 5.91 Å². The lowest BCUT2D eigenvalue weighted by Gasteiger charge is -2.24. The lowest BCUT2D eigenvalue weighted by molar-refractivity contribution is -0.122. The highest BCUT2D eigenvalue weighted by molar-refractivity contribution is 5.98. The molecule has 1 amide bonds. The van der Waals surface area contributed by atoms with E-state index in [2.05, 4.69) is 9.99 Å². The van der Waals surface area contributed by atoms with Gasteiger partial charge in [0.15, 0.2) is 0 Å². The van der Waals surface area contributed by atoms with E-state index in [0.29, 0.717) is 6.54 Å². The third-order valence-electron chi connectivity index (χ3n) is 2.72. The number of amides is 1. The highest BCUT2D eigenvalue weighted by Crippen LogP contribution is 2.24. The number of anilines is 1. The minimum atomic E-state index is -0.109. The summed E-state index contributed by atoms with van der Waals surface area (Å²) in [5, 5.41) is 3.68. The molecule has 0 aliphatic carbocycles. The number of methoxy groups -OCH3 is 1. The zero-order chi connectivity index (χ0) is 14.3. The number of para-hydroxylation sites is 1. The van der Waals surface area contributed by atoms with E-state index in [-0.39, 0.29) is 12.5 Å². The second kappa shape index (κ2) is 7.53. The summed E-state index contributed by atoms with van der Waals surface area (Å²) in [5.41, 5.74) is 2.97. The van der Waals surface area contributed by atoms with E-state index in [1.54, 1.807) is 11.1 Å². The molecule has 0 N–H and O–H groups in total. The number of carbonyl (C=O) groups excluding carboxylic acids is 1. The number of hydrogen-bond acceptors (Lipinski definition) is 4. The van der Waals surface area contributed by atoms with Gasteiger partial charge in [0.05, 0.1) is 12.8 Å². The summed E-state index contributed by atoms with van der Waals surface area (Å²) in [6.45, 7) is 4.34. The van der Waals surface area contributed by atoms with Gasteiger partial charge in [-0.2, -0.15) is 0 Å². The molecule has 5 heteroatoms. The predicted molar refractivity (Wildman–Crippen MR) is 75.6 cm³/mol. The first-order chi connectivity index (χ1) is 9.11. The van der Waals surface area contributed by atoms with Gasteiger partial charge in [-0.15, -0.1) is 0 Å². The normalized spacial score (nSPS) is 10.7. The fourth-order valence-corrected chi connectivity index (χ4v) is 1.94. The molecule has 0 aromatic heterocycles. The number of aryl methyl sites for hydroxylation is 2. The van der Waals surface area contributed by atoms with Crippen LogP contribution in [-0.2, 0) is 14.4 Å². The highest BCUT2D eigenvalue weighted by Gasteiger charge is 2.18. The second-order valence-corrected chi connectivity index (χ2v) is 4.15. The summed E-state index contributed by atoms with van der Waals surface area (Å²) in [4.78, 5) is 18.4. The first-order valence-corrected chi connectivity index (χ1v) is 6.02. The summed E-state index contributed by atoms with van der Waals surface area (Å²) in [7, 11) is 2.97. The molecule has 0 aliphatic heterocycles. The van der Waals surface area contributed by atoms with E-state index in [0.717, 1.165) is 16.8 Å². The minimum absolute atomic E-state index is 0.0363. The first kappa shape index (κ1) is 15.2. The van der Waals surface area contributed by atoms with Gasteiger partial charge in [0.1, 0.15) is 13.7 Å². The smallest absolute Gasteiger partial charge is 0.253 e. The van der Waals surface area contributed by atoms with E-state index < -0.39 is 0 Å². The molecule has 1 rings (SSSR count). The number of ether oxygens (including phenoxy) is 1. The molecule has 1 aromatic carbocycles. The molecule has 0 saturated heterocycles. The van der Waals surface area contributed by atoms with Crippen LogP contribution in [0.4, 0.5) is 5.69 Å². The predicted octanol–water partition coefficient (Wildman–Crippen LogP) is 1.92. The quantitative estimate of drug-likeness (QED) is 0.582. The third kappa shape index (κ3) is 4.06. The standard InChI is InChI=1S/C14H20N2O3/c1-11-6-5-7-12(2)14(11)16(9-8-15-19-4)13(17)10-18-3/h5-8H,9-10H2,1-4H3/b15-8+. The number of nitrogens with zero attached hydrogens (tertiary/aromatic N) is 2. The van der Waals surface area contributed by atoms with Crippen LogP contribution < -0.4 is 4.90 Å². The Bertz CT molecular complexity index is 438. The van der Waals surface area contributed by atoms with Gasteiger partial charge in [-0.3, -0.25) is 4.79 Å². The maximum absolute atomic E-state index is 12.1. The fraction of sp³-hybridized carbons (Fsp3) is 0.429. The molecule has 0 aliphatic rings. The first-order valence-electron chi connectivity index (χ1n) is 6.02. The average molecular weight is 264 g/mol. The van der Waals surface area contributed by atoms with Gasteiger partial charge in [-0.25, -0.2) is 0 Å². The maximum Gasteiger partial charge on any atom is 0.253 e. The number of carbonyl (C=O) groups is 1. The molecule has 0 heterocycles. The van der Waals surface area contributed by atoms with E-state index >= 15 is 0 Å². The Morgan fingerprint density at radius 3 is 2.47 bits per heavy atom. The number of oxime groups is 1. The van der Waals surface area contributed by atoms with Gasteiger partial charge in [0.2, 0.25) is 0 Å². The van der Waals surface area contributed by atoms with Gasteiger partial charge >= 0.3 is 0 Å². The van der Waals surface area contributed by atoms with Crippen molar-refractivity contribution in [3.05, 3.63) is 29.3 Å². The van der Waals surface area contributed by atoms with Crippen LogP contribution in [-0.4, -0.2) is 39.5 Å². The summed E-state index contributed by atoms with van der Waals surface area (Å²) < 4.78 is 4.93. The molecule has 0 saturated carbocycles. The van der Waals surface area contributed by atoms with Crippen LogP contribution in [0.3, 0.4) is 0 Å². The molecule has 19 heavy (non-hydrogen) atoms. The lowest BCUT2D eigenvalue weighted by atomic mass is 10.1. The molecule has 0 unspecified atom stereocenters. The number of benzene rings is 1. The Morgan fingerprint density at radius 2 is 1.95 bits per heavy atom. The molecule has 0 bridgehead atoms. The van der Waals surface area contributed by atoms with Crippen molar-refractivity contribution < 1.29 is 14.4 Å². The molecule has 1 aromatic rings. The molecular weight excluding hydrogens is 244 g/mol. The van der Waals surface area contributed by atoms with E-state index in [1.165, 1.54) is 14.2 Å². The summed E-state index contributed by atoms with van der Waals surface area (Å²) in [6, 6.07) is 5.92. The summed E-state index contributed by atoms with van der Waals surface area (Å²) in [6.07, 6.45) is 1.56. The maximum atomic E-state index is 12.1. The van der Waals surface area contributed by atoms with Gasteiger partial charge in [-0.05, 0) is 25.0 Å². The molecule has 0 atom stereocenters. The molecular formula is C14H20N2O3. The van der Waals surface area contributed by atoms with Crippen molar-refractivity contribution in [2.75, 3.05) is 32.3 Å². The van der Waals surface area contributed by atoms with Gasteiger partial charge < -0.3 is 14.5 Å². The summed E-state index contributed by atoms with van der Waals surface area (Å²) >= 11 is 0. The molecule has 0 fully saturated rings. The highest BCUT2D eigenvalue weighted by atomic mass is 16.6. The van der Waals surface area contributed by atoms with Gasteiger partial charge in [-0.1, -0.05) is 23.4 Å². The van der Waals surface area contributed by atoms with Crippen molar-refractivity contribution in [1.29, 1.82) is 0 Å². The summed E-state index contributed by atoms with van der Waals surface area (Å²) in [5.74, 6) is -0.109. The van der Waals surface area contributed by atoms with Crippen molar-refractivity contribution in [2.24, 2.45) is 5.16 Å². The van der Waals surface area contributed by atoms with Crippen LogP contribution in [0.15, 0.2) is 23.4 Å². The Labute approximate surface area is 113 Å². The molecule has 0 radical (unpaired) electrons. The fourth-order valence-electron chi connectivity index (χ4n) is 1.94. The third-order valence-corrected chi connectivity index (χ3v) is 2.72. The SMILES string of the molecule is COCC(=O)N(C/C=N/OC)c1c(C)cccc1C. The van der Waals surface area contributed by atoms with E-state index in [4.69, 9.17) is 4.74 Å². The Balaban J connectivity index is 3.07. The van der Waals surface area contributed by atoms with Crippen LogP contribution in [0.1, 0.15) is 11.1 Å².